The van der Waals surface area contributed by atoms with Crippen molar-refractivity contribution in [2.45, 2.75) is 16.0 Å². The Balaban J connectivity index is 1.76. The van der Waals surface area contributed by atoms with Crippen molar-refractivity contribution >= 4 is 20.0 Å². The molecule has 2 aromatic carbocycles. The fourth-order valence-corrected chi connectivity index (χ4v) is 5.92. The third-order valence-corrected chi connectivity index (χ3v) is 8.50. The van der Waals surface area contributed by atoms with Gasteiger partial charge < -0.3 is 4.74 Å². The second-order valence-electron chi connectivity index (χ2n) is 6.51. The number of hydrogen-bond acceptors (Lipinski definition) is 5. The van der Waals surface area contributed by atoms with Crippen LogP contribution in [0.3, 0.4) is 0 Å². The van der Waals surface area contributed by atoms with E-state index in [2.05, 4.69) is 0 Å². The van der Waals surface area contributed by atoms with E-state index >= 15 is 0 Å². The van der Waals surface area contributed by atoms with Gasteiger partial charge in [-0.15, -0.1) is 0 Å². The molecule has 0 amide bonds. The number of nitrogens with zero attached hydrogens (tertiary/aromatic N) is 2. The minimum Gasteiger partial charge on any atom is -0.497 e. The average molecular weight is 464 g/mol. The predicted molar refractivity (Wildman–Crippen MR) is 102 cm³/mol. The molecule has 0 spiro atoms. The molecule has 0 aromatic heterocycles. The molecule has 0 aliphatic carbocycles. The van der Waals surface area contributed by atoms with E-state index in [1.165, 1.54) is 31.4 Å². The molecule has 0 N–H and O–H groups in total. The largest absolute Gasteiger partial charge is 0.497 e. The molecule has 7 nitrogen and oxygen atoms in total. The van der Waals surface area contributed by atoms with E-state index in [0.29, 0.717) is 11.8 Å². The highest BCUT2D eigenvalue weighted by Gasteiger charge is 2.36. The number of benzene rings is 2. The third-order valence-electron chi connectivity index (χ3n) is 4.69. The Bertz CT molecular complexity index is 1110. The number of piperazine rings is 1. The van der Waals surface area contributed by atoms with Crippen molar-refractivity contribution in [2.24, 2.45) is 0 Å². The first kappa shape index (κ1) is 22.5. The average Bonchev–Trinajstić information content (AvgIpc) is 2.73. The van der Waals surface area contributed by atoms with E-state index in [4.69, 9.17) is 4.74 Å². The van der Waals surface area contributed by atoms with Crippen LogP contribution in [0.2, 0.25) is 0 Å². The number of alkyl halides is 3. The van der Waals surface area contributed by atoms with Crippen molar-refractivity contribution in [3.63, 3.8) is 0 Å². The van der Waals surface area contributed by atoms with Crippen molar-refractivity contribution in [1.29, 1.82) is 0 Å². The lowest BCUT2D eigenvalue weighted by Crippen LogP contribution is -2.50. The molecule has 2 aromatic rings. The van der Waals surface area contributed by atoms with Crippen LogP contribution in [0.4, 0.5) is 13.2 Å². The Kier molecular flexibility index (Phi) is 6.14. The zero-order chi connectivity index (χ0) is 22.2. The lowest BCUT2D eigenvalue weighted by molar-refractivity contribution is -0.137. The first-order valence-corrected chi connectivity index (χ1v) is 11.7. The molecular weight excluding hydrogens is 445 g/mol. The maximum Gasteiger partial charge on any atom is 0.416 e. The quantitative estimate of drug-likeness (QED) is 0.679. The highest BCUT2D eigenvalue weighted by Crippen LogP contribution is 2.31. The van der Waals surface area contributed by atoms with Gasteiger partial charge in [-0.1, -0.05) is 6.07 Å². The van der Waals surface area contributed by atoms with Gasteiger partial charge in [0.15, 0.2) is 0 Å². The highest BCUT2D eigenvalue weighted by molar-refractivity contribution is 7.89. The standard InChI is InChI=1S/C18H19F3N2O5S2/c1-28-15-5-7-16(8-6-15)29(24,25)22-9-11-23(12-10-22)30(26,27)17-4-2-3-14(13-17)18(19,20)21/h2-8,13H,9-12H2,1H3. The van der Waals surface area contributed by atoms with Crippen LogP contribution < -0.4 is 4.74 Å². The summed E-state index contributed by atoms with van der Waals surface area (Å²) in [6.45, 7) is -0.582. The number of sulfonamides is 2. The van der Waals surface area contributed by atoms with Crippen molar-refractivity contribution in [1.82, 2.24) is 8.61 Å². The summed E-state index contributed by atoms with van der Waals surface area (Å²) in [6.07, 6.45) is -4.67. The summed E-state index contributed by atoms with van der Waals surface area (Å²) in [5.41, 5.74) is -1.07. The van der Waals surface area contributed by atoms with E-state index < -0.39 is 36.7 Å². The maximum absolute atomic E-state index is 12.9. The SMILES string of the molecule is COc1ccc(S(=O)(=O)N2CCN(S(=O)(=O)c3cccc(C(F)(F)F)c3)CC2)cc1. The van der Waals surface area contributed by atoms with Gasteiger partial charge >= 0.3 is 6.18 Å². The summed E-state index contributed by atoms with van der Waals surface area (Å²) >= 11 is 0. The van der Waals surface area contributed by atoms with Crippen LogP contribution in [-0.4, -0.2) is 58.7 Å². The number of hydrogen-bond donors (Lipinski definition) is 0. The van der Waals surface area contributed by atoms with E-state index in [9.17, 15) is 30.0 Å². The van der Waals surface area contributed by atoms with Crippen LogP contribution in [0.15, 0.2) is 58.3 Å². The van der Waals surface area contributed by atoms with Gasteiger partial charge in [-0.05, 0) is 42.5 Å². The normalized spacial score (nSPS) is 17.1. The number of ether oxygens (including phenoxy) is 1. The molecule has 1 saturated heterocycles. The summed E-state index contributed by atoms with van der Waals surface area (Å²) in [7, 11) is -6.58. The summed E-state index contributed by atoms with van der Waals surface area (Å²) < 4.78 is 96.8. The Morgan fingerprint density at radius 1 is 0.800 bits per heavy atom. The lowest BCUT2D eigenvalue weighted by Gasteiger charge is -2.33. The van der Waals surface area contributed by atoms with Gasteiger partial charge in [0.2, 0.25) is 20.0 Å². The van der Waals surface area contributed by atoms with Gasteiger partial charge in [-0.3, -0.25) is 0 Å². The Labute approximate surface area is 172 Å². The molecule has 12 heteroatoms. The third kappa shape index (κ3) is 4.46. The molecule has 3 rings (SSSR count). The van der Waals surface area contributed by atoms with Crippen molar-refractivity contribution in [2.75, 3.05) is 33.3 Å². The molecule has 0 atom stereocenters. The summed E-state index contributed by atoms with van der Waals surface area (Å²) in [5, 5.41) is 0. The van der Waals surface area contributed by atoms with E-state index in [0.717, 1.165) is 26.8 Å². The van der Waals surface area contributed by atoms with Gasteiger partial charge in [-0.25, -0.2) is 16.8 Å². The van der Waals surface area contributed by atoms with Gasteiger partial charge in [0.1, 0.15) is 5.75 Å². The van der Waals surface area contributed by atoms with Gasteiger partial charge in [0.05, 0.1) is 22.5 Å². The maximum atomic E-state index is 12.9. The molecule has 1 aliphatic heterocycles. The fourth-order valence-electron chi connectivity index (χ4n) is 3.03. The summed E-state index contributed by atoms with van der Waals surface area (Å²) in [6, 6.07) is 9.27. The molecule has 1 heterocycles. The first-order chi connectivity index (χ1) is 14.0. The molecule has 0 radical (unpaired) electrons. The topological polar surface area (TPSA) is 84.0 Å². The van der Waals surface area contributed by atoms with Crippen LogP contribution in [0.25, 0.3) is 0 Å². The highest BCUT2D eigenvalue weighted by atomic mass is 32.2. The van der Waals surface area contributed by atoms with Crippen molar-refractivity contribution in [3.05, 3.63) is 54.1 Å². The van der Waals surface area contributed by atoms with E-state index in [-0.39, 0.29) is 31.1 Å². The predicted octanol–water partition coefficient (Wildman–Crippen LogP) is 2.41. The minimum absolute atomic E-state index is 0.0393. The molecule has 0 unspecified atom stereocenters. The Morgan fingerprint density at radius 3 is 1.77 bits per heavy atom. The minimum atomic E-state index is -4.67. The molecule has 0 saturated carbocycles. The van der Waals surface area contributed by atoms with Gasteiger partial charge in [-0.2, -0.15) is 21.8 Å². The van der Waals surface area contributed by atoms with Crippen LogP contribution in [0, 0.1) is 0 Å². The smallest absolute Gasteiger partial charge is 0.416 e. The number of halogens is 3. The van der Waals surface area contributed by atoms with Crippen LogP contribution in [0.5, 0.6) is 5.75 Å². The summed E-state index contributed by atoms with van der Waals surface area (Å²) in [5.74, 6) is 0.492. The second-order valence-corrected chi connectivity index (χ2v) is 10.4. The van der Waals surface area contributed by atoms with Gasteiger partial charge in [0, 0.05) is 26.2 Å². The van der Waals surface area contributed by atoms with Crippen LogP contribution in [-0.2, 0) is 26.2 Å². The Hall–Kier alpha value is -2.15. The lowest BCUT2D eigenvalue weighted by atomic mass is 10.2. The molecule has 1 fully saturated rings. The zero-order valence-electron chi connectivity index (χ0n) is 15.8. The van der Waals surface area contributed by atoms with Crippen LogP contribution >= 0.6 is 0 Å². The molecule has 30 heavy (non-hydrogen) atoms. The van der Waals surface area contributed by atoms with Crippen LogP contribution in [0.1, 0.15) is 5.56 Å². The molecule has 1 aliphatic rings. The fraction of sp³-hybridized carbons (Fsp3) is 0.333. The molecule has 164 valence electrons. The van der Waals surface area contributed by atoms with Crippen molar-refractivity contribution < 1.29 is 34.7 Å². The van der Waals surface area contributed by atoms with Gasteiger partial charge in [0.25, 0.3) is 0 Å². The van der Waals surface area contributed by atoms with E-state index in [1.807, 2.05) is 0 Å². The zero-order valence-corrected chi connectivity index (χ0v) is 17.5. The second kappa shape index (κ2) is 8.17. The van der Waals surface area contributed by atoms with Crippen molar-refractivity contribution in [3.8, 4) is 5.75 Å². The number of rotatable bonds is 5. The summed E-state index contributed by atoms with van der Waals surface area (Å²) in [4.78, 5) is -0.443. The Morgan fingerprint density at radius 2 is 1.30 bits per heavy atom. The number of methoxy groups -OCH3 is 1. The molecular formula is C18H19F3N2O5S2. The monoisotopic (exact) mass is 464 g/mol. The van der Waals surface area contributed by atoms with E-state index in [1.54, 1.807) is 0 Å². The molecule has 0 bridgehead atoms. The first-order valence-electron chi connectivity index (χ1n) is 8.78.